The Morgan fingerprint density at radius 1 is 1.04 bits per heavy atom. The number of Topliss-reactive ketones (excluding diaryl/α,β-unsaturated/α-hetero) is 1. The molecular formula is C19H20O4S. The molecule has 1 aliphatic carbocycles. The molecule has 0 heterocycles. The third kappa shape index (κ3) is 3.01. The van der Waals surface area contributed by atoms with E-state index in [1.807, 2.05) is 44.2 Å². The first-order valence-corrected chi connectivity index (χ1v) is 9.33. The Morgan fingerprint density at radius 3 is 2.29 bits per heavy atom. The molecule has 2 aromatic carbocycles. The molecule has 24 heavy (non-hydrogen) atoms. The lowest BCUT2D eigenvalue weighted by molar-refractivity contribution is -0.127. The van der Waals surface area contributed by atoms with E-state index in [4.69, 9.17) is 4.18 Å². The predicted molar refractivity (Wildman–Crippen MR) is 91.3 cm³/mol. The molecule has 3 rings (SSSR count). The molecule has 0 amide bonds. The van der Waals surface area contributed by atoms with E-state index in [2.05, 4.69) is 0 Å². The van der Waals surface area contributed by atoms with Gasteiger partial charge in [0.05, 0.1) is 10.3 Å². The fourth-order valence-corrected chi connectivity index (χ4v) is 4.20. The van der Waals surface area contributed by atoms with Crippen LogP contribution in [-0.4, -0.2) is 20.3 Å². The van der Waals surface area contributed by atoms with E-state index < -0.39 is 21.6 Å². The summed E-state index contributed by atoms with van der Waals surface area (Å²) in [6.45, 7) is 3.73. The highest BCUT2D eigenvalue weighted by atomic mass is 32.2. The summed E-state index contributed by atoms with van der Waals surface area (Å²) in [6, 6.07) is 15.9. The lowest BCUT2D eigenvalue weighted by atomic mass is 9.80. The minimum absolute atomic E-state index is 0.0780. The molecule has 0 aliphatic heterocycles. The molecule has 5 heteroatoms. The molecule has 0 bridgehead atoms. The highest BCUT2D eigenvalue weighted by molar-refractivity contribution is 7.86. The third-order valence-electron chi connectivity index (χ3n) is 4.71. The molecule has 2 atom stereocenters. The van der Waals surface area contributed by atoms with Crippen LogP contribution in [-0.2, 0) is 24.5 Å². The van der Waals surface area contributed by atoms with E-state index in [0.717, 1.165) is 11.1 Å². The molecule has 0 aromatic heterocycles. The average Bonchev–Trinajstić information content (AvgIpc) is 2.85. The zero-order valence-corrected chi connectivity index (χ0v) is 14.5. The Kier molecular flexibility index (Phi) is 4.32. The summed E-state index contributed by atoms with van der Waals surface area (Å²) in [5.74, 6) is -0.176. The fourth-order valence-electron chi connectivity index (χ4n) is 3.13. The quantitative estimate of drug-likeness (QED) is 0.798. The van der Waals surface area contributed by atoms with Crippen LogP contribution in [0.25, 0.3) is 0 Å². The average molecular weight is 344 g/mol. The maximum Gasteiger partial charge on any atom is 0.297 e. The van der Waals surface area contributed by atoms with Crippen LogP contribution in [0, 0.1) is 6.92 Å². The van der Waals surface area contributed by atoms with Gasteiger partial charge in [0.15, 0.2) is 5.78 Å². The molecule has 2 aromatic rings. The van der Waals surface area contributed by atoms with E-state index in [9.17, 15) is 13.2 Å². The smallest absolute Gasteiger partial charge is 0.296 e. The Morgan fingerprint density at radius 2 is 1.67 bits per heavy atom. The Hall–Kier alpha value is -1.98. The second kappa shape index (κ2) is 6.15. The van der Waals surface area contributed by atoms with E-state index in [1.165, 1.54) is 12.1 Å². The Bertz CT molecular complexity index is 841. The van der Waals surface area contributed by atoms with Gasteiger partial charge < -0.3 is 0 Å². The van der Waals surface area contributed by atoms with Crippen molar-refractivity contribution in [1.29, 1.82) is 0 Å². The van der Waals surface area contributed by atoms with Gasteiger partial charge in [-0.25, -0.2) is 0 Å². The molecule has 0 unspecified atom stereocenters. The fraction of sp³-hybridized carbons (Fsp3) is 0.316. The zero-order valence-electron chi connectivity index (χ0n) is 13.7. The molecule has 126 valence electrons. The van der Waals surface area contributed by atoms with E-state index >= 15 is 0 Å². The van der Waals surface area contributed by atoms with Crippen LogP contribution in [0.4, 0.5) is 0 Å². The summed E-state index contributed by atoms with van der Waals surface area (Å²) in [6.07, 6.45) is 0.0423. The van der Waals surface area contributed by atoms with Crippen molar-refractivity contribution in [1.82, 2.24) is 0 Å². The predicted octanol–water partition coefficient (Wildman–Crippen LogP) is 3.39. The number of hydrogen-bond acceptors (Lipinski definition) is 4. The van der Waals surface area contributed by atoms with Crippen LogP contribution in [0.15, 0.2) is 59.5 Å². The molecule has 0 N–H and O–H groups in total. The van der Waals surface area contributed by atoms with Crippen LogP contribution in [0.1, 0.15) is 30.9 Å². The first kappa shape index (κ1) is 16.9. The van der Waals surface area contributed by atoms with Crippen LogP contribution >= 0.6 is 0 Å². The second-order valence-electron chi connectivity index (χ2n) is 6.45. The van der Waals surface area contributed by atoms with Crippen molar-refractivity contribution in [3.05, 3.63) is 65.7 Å². The van der Waals surface area contributed by atoms with Crippen molar-refractivity contribution in [2.45, 2.75) is 43.1 Å². The summed E-state index contributed by atoms with van der Waals surface area (Å²) >= 11 is 0. The lowest BCUT2D eigenvalue weighted by Crippen LogP contribution is -2.34. The molecular weight excluding hydrogens is 324 g/mol. The van der Waals surface area contributed by atoms with Gasteiger partial charge in [-0.15, -0.1) is 0 Å². The lowest BCUT2D eigenvalue weighted by Gasteiger charge is -2.23. The van der Waals surface area contributed by atoms with E-state index in [-0.39, 0.29) is 10.7 Å². The third-order valence-corrected chi connectivity index (χ3v) is 6.04. The molecule has 0 saturated heterocycles. The van der Waals surface area contributed by atoms with Crippen molar-refractivity contribution in [3.8, 4) is 0 Å². The minimum atomic E-state index is -3.95. The van der Waals surface area contributed by atoms with Gasteiger partial charge in [-0.1, -0.05) is 48.0 Å². The standard InChI is InChI=1S/C19H20O4S/c1-14-8-10-16(11-9-14)24(21,22)23-17-12-13-19(2,18(17)20)15-6-4-3-5-7-15/h3-11,17H,12-13H2,1-2H3/t17-,19+/m1/s1. The van der Waals surface area contributed by atoms with Gasteiger partial charge in [0.1, 0.15) is 6.10 Å². The van der Waals surface area contributed by atoms with Crippen molar-refractivity contribution in [2.24, 2.45) is 0 Å². The maximum atomic E-state index is 12.8. The largest absolute Gasteiger partial charge is 0.297 e. The molecule has 0 spiro atoms. The van der Waals surface area contributed by atoms with E-state index in [0.29, 0.717) is 12.8 Å². The van der Waals surface area contributed by atoms with Crippen molar-refractivity contribution >= 4 is 15.9 Å². The summed E-state index contributed by atoms with van der Waals surface area (Å²) in [5, 5.41) is 0. The second-order valence-corrected chi connectivity index (χ2v) is 8.03. The van der Waals surface area contributed by atoms with Crippen molar-refractivity contribution < 1.29 is 17.4 Å². The highest BCUT2D eigenvalue weighted by Crippen LogP contribution is 2.39. The normalized spacial score (nSPS) is 24.2. The highest BCUT2D eigenvalue weighted by Gasteiger charge is 2.47. The number of rotatable bonds is 4. The van der Waals surface area contributed by atoms with Crippen LogP contribution < -0.4 is 0 Å². The number of carbonyl (C=O) groups is 1. The summed E-state index contributed by atoms with van der Waals surface area (Å²) < 4.78 is 30.1. The van der Waals surface area contributed by atoms with Gasteiger partial charge in [-0.05, 0) is 44.4 Å². The monoisotopic (exact) mass is 344 g/mol. The van der Waals surface area contributed by atoms with Crippen molar-refractivity contribution in [2.75, 3.05) is 0 Å². The maximum absolute atomic E-state index is 12.8. The van der Waals surface area contributed by atoms with E-state index in [1.54, 1.807) is 12.1 Å². The number of carbonyl (C=O) groups excluding carboxylic acids is 1. The van der Waals surface area contributed by atoms with Crippen molar-refractivity contribution in [3.63, 3.8) is 0 Å². The summed E-state index contributed by atoms with van der Waals surface area (Å²) in [4.78, 5) is 12.9. The summed E-state index contributed by atoms with van der Waals surface area (Å²) in [7, 11) is -3.95. The van der Waals surface area contributed by atoms with Gasteiger partial charge in [-0.2, -0.15) is 8.42 Å². The molecule has 1 fully saturated rings. The Labute approximate surface area is 142 Å². The van der Waals surface area contributed by atoms with Crippen LogP contribution in [0.5, 0.6) is 0 Å². The summed E-state index contributed by atoms with van der Waals surface area (Å²) in [5.41, 5.74) is 1.16. The number of hydrogen-bond donors (Lipinski definition) is 0. The van der Waals surface area contributed by atoms with Crippen LogP contribution in [0.3, 0.4) is 0 Å². The van der Waals surface area contributed by atoms with Gasteiger partial charge >= 0.3 is 0 Å². The topological polar surface area (TPSA) is 60.4 Å². The van der Waals surface area contributed by atoms with Crippen LogP contribution in [0.2, 0.25) is 0 Å². The Balaban J connectivity index is 1.82. The molecule has 0 radical (unpaired) electrons. The molecule has 1 aliphatic rings. The molecule has 1 saturated carbocycles. The number of benzene rings is 2. The first-order chi connectivity index (χ1) is 11.3. The van der Waals surface area contributed by atoms with Gasteiger partial charge in [0, 0.05) is 0 Å². The number of aryl methyl sites for hydroxylation is 1. The molecule has 4 nitrogen and oxygen atoms in total. The zero-order chi connectivity index (χ0) is 17.4. The first-order valence-electron chi connectivity index (χ1n) is 7.93. The van der Waals surface area contributed by atoms with Gasteiger partial charge in [0.2, 0.25) is 0 Å². The SMILES string of the molecule is Cc1ccc(S(=O)(=O)O[C@@H]2CC[C@@](C)(c3ccccc3)C2=O)cc1. The van der Waals surface area contributed by atoms with Gasteiger partial charge in [-0.3, -0.25) is 8.98 Å². The van der Waals surface area contributed by atoms with Gasteiger partial charge in [0.25, 0.3) is 10.1 Å². The number of ketones is 1. The minimum Gasteiger partial charge on any atom is -0.296 e.